The number of carbonyl (C=O) groups excluding carboxylic acids is 1. The standard InChI is InChI=1S/C8H13O2/c1-2-10-8-5-3-4-7(8)6-9/h7-8H,2-5H2,1H3. The van der Waals surface area contributed by atoms with Crippen LogP contribution in [0.15, 0.2) is 0 Å². The molecule has 1 saturated carbocycles. The summed E-state index contributed by atoms with van der Waals surface area (Å²) in [5.74, 6) is 0.0555. The van der Waals surface area contributed by atoms with E-state index in [0.29, 0.717) is 6.61 Å². The van der Waals surface area contributed by atoms with Crippen molar-refractivity contribution in [3.05, 3.63) is 0 Å². The van der Waals surface area contributed by atoms with E-state index < -0.39 is 0 Å². The van der Waals surface area contributed by atoms with Gasteiger partial charge in [0.1, 0.15) is 0 Å². The summed E-state index contributed by atoms with van der Waals surface area (Å²) in [6.45, 7) is 2.67. The molecular weight excluding hydrogens is 128 g/mol. The summed E-state index contributed by atoms with van der Waals surface area (Å²) in [4.78, 5) is 10.3. The minimum atomic E-state index is 0.0555. The van der Waals surface area contributed by atoms with E-state index in [4.69, 9.17) is 4.74 Å². The highest BCUT2D eigenvalue weighted by Gasteiger charge is 2.27. The molecule has 1 rings (SSSR count). The lowest BCUT2D eigenvalue weighted by Gasteiger charge is -2.12. The van der Waals surface area contributed by atoms with Crippen LogP contribution in [0.2, 0.25) is 0 Å². The number of hydrogen-bond donors (Lipinski definition) is 0. The highest BCUT2D eigenvalue weighted by Crippen LogP contribution is 2.26. The summed E-state index contributed by atoms with van der Waals surface area (Å²) in [6.07, 6.45) is 5.31. The van der Waals surface area contributed by atoms with E-state index in [9.17, 15) is 4.79 Å². The van der Waals surface area contributed by atoms with Crippen molar-refractivity contribution in [2.45, 2.75) is 32.3 Å². The summed E-state index contributed by atoms with van der Waals surface area (Å²) >= 11 is 0. The zero-order valence-corrected chi connectivity index (χ0v) is 6.30. The van der Waals surface area contributed by atoms with Crippen molar-refractivity contribution in [1.29, 1.82) is 0 Å². The second kappa shape index (κ2) is 3.71. The average Bonchev–Trinajstić information content (AvgIpc) is 2.36. The van der Waals surface area contributed by atoms with Gasteiger partial charge in [0.25, 0.3) is 0 Å². The predicted octanol–water partition coefficient (Wildman–Crippen LogP) is 1.30. The van der Waals surface area contributed by atoms with Crippen molar-refractivity contribution in [1.82, 2.24) is 0 Å². The van der Waals surface area contributed by atoms with Crippen molar-refractivity contribution in [3.8, 4) is 0 Å². The van der Waals surface area contributed by atoms with E-state index in [1.165, 1.54) is 0 Å². The second-order valence-corrected chi connectivity index (χ2v) is 2.65. The molecule has 0 heterocycles. The first-order chi connectivity index (χ1) is 4.88. The number of hydrogen-bond acceptors (Lipinski definition) is 2. The van der Waals surface area contributed by atoms with Gasteiger partial charge in [-0.05, 0) is 19.8 Å². The van der Waals surface area contributed by atoms with Crippen LogP contribution in [0, 0.1) is 5.92 Å². The third kappa shape index (κ3) is 1.57. The Hall–Kier alpha value is -0.370. The highest BCUT2D eigenvalue weighted by atomic mass is 16.5. The summed E-state index contributed by atoms with van der Waals surface area (Å²) in [5, 5.41) is 0. The minimum absolute atomic E-state index is 0.0555. The van der Waals surface area contributed by atoms with Gasteiger partial charge in [-0.2, -0.15) is 0 Å². The molecule has 2 nitrogen and oxygen atoms in total. The topological polar surface area (TPSA) is 26.3 Å². The quantitative estimate of drug-likeness (QED) is 0.592. The molecule has 0 aromatic rings. The molecule has 2 heteroatoms. The Balaban J connectivity index is 2.34. The molecule has 0 aliphatic heterocycles. The Bertz CT molecular complexity index is 112. The van der Waals surface area contributed by atoms with E-state index in [-0.39, 0.29) is 12.0 Å². The number of ether oxygens (including phenoxy) is 1. The van der Waals surface area contributed by atoms with E-state index in [1.807, 2.05) is 13.2 Å². The minimum Gasteiger partial charge on any atom is -0.378 e. The van der Waals surface area contributed by atoms with Gasteiger partial charge >= 0.3 is 0 Å². The third-order valence-corrected chi connectivity index (χ3v) is 1.98. The fourth-order valence-corrected chi connectivity index (χ4v) is 1.47. The van der Waals surface area contributed by atoms with Crippen LogP contribution in [0.25, 0.3) is 0 Å². The maximum atomic E-state index is 10.3. The average molecular weight is 141 g/mol. The normalized spacial score (nSPS) is 32.5. The smallest absolute Gasteiger partial charge is 0.204 e. The Morgan fingerprint density at radius 1 is 1.60 bits per heavy atom. The molecule has 0 bridgehead atoms. The molecule has 1 aliphatic rings. The molecule has 0 aromatic carbocycles. The van der Waals surface area contributed by atoms with Crippen LogP contribution >= 0.6 is 0 Å². The fraction of sp³-hybridized carbons (Fsp3) is 0.875. The van der Waals surface area contributed by atoms with Gasteiger partial charge in [-0.25, -0.2) is 0 Å². The fourth-order valence-electron chi connectivity index (χ4n) is 1.47. The van der Waals surface area contributed by atoms with E-state index in [0.717, 1.165) is 19.3 Å². The van der Waals surface area contributed by atoms with Crippen LogP contribution in [0.3, 0.4) is 0 Å². The van der Waals surface area contributed by atoms with Gasteiger partial charge < -0.3 is 4.74 Å². The molecule has 2 atom stereocenters. The lowest BCUT2D eigenvalue weighted by molar-refractivity contribution is 0.0528. The molecule has 0 aromatic heterocycles. The van der Waals surface area contributed by atoms with Crippen molar-refractivity contribution in [2.24, 2.45) is 5.92 Å². The molecule has 1 aliphatic carbocycles. The lowest BCUT2D eigenvalue weighted by atomic mass is 10.1. The summed E-state index contributed by atoms with van der Waals surface area (Å²) < 4.78 is 5.34. The summed E-state index contributed by atoms with van der Waals surface area (Å²) in [7, 11) is 0. The zero-order chi connectivity index (χ0) is 7.40. The predicted molar refractivity (Wildman–Crippen MR) is 38.4 cm³/mol. The van der Waals surface area contributed by atoms with Crippen LogP contribution in [-0.2, 0) is 9.53 Å². The van der Waals surface area contributed by atoms with Gasteiger partial charge in [0.15, 0.2) is 0 Å². The first-order valence-electron chi connectivity index (χ1n) is 3.87. The Morgan fingerprint density at radius 2 is 2.40 bits per heavy atom. The molecular formula is C8H13O2. The summed E-state index contributed by atoms with van der Waals surface area (Å²) in [6, 6.07) is 0. The van der Waals surface area contributed by atoms with Gasteiger partial charge in [0, 0.05) is 6.61 Å². The van der Waals surface area contributed by atoms with Crippen molar-refractivity contribution < 1.29 is 9.53 Å². The van der Waals surface area contributed by atoms with Gasteiger partial charge in [0.2, 0.25) is 6.29 Å². The molecule has 2 unspecified atom stereocenters. The van der Waals surface area contributed by atoms with Crippen LogP contribution in [0.4, 0.5) is 0 Å². The second-order valence-electron chi connectivity index (χ2n) is 2.65. The van der Waals surface area contributed by atoms with Crippen LogP contribution in [0.1, 0.15) is 26.2 Å². The Kier molecular flexibility index (Phi) is 2.87. The van der Waals surface area contributed by atoms with Gasteiger partial charge in [-0.1, -0.05) is 6.42 Å². The largest absolute Gasteiger partial charge is 0.378 e. The van der Waals surface area contributed by atoms with E-state index in [2.05, 4.69) is 0 Å². The molecule has 0 N–H and O–H groups in total. The van der Waals surface area contributed by atoms with E-state index >= 15 is 0 Å². The number of rotatable bonds is 3. The van der Waals surface area contributed by atoms with Crippen molar-refractivity contribution in [2.75, 3.05) is 6.61 Å². The highest BCUT2D eigenvalue weighted by molar-refractivity contribution is 5.56. The van der Waals surface area contributed by atoms with Crippen LogP contribution in [0.5, 0.6) is 0 Å². The first-order valence-corrected chi connectivity index (χ1v) is 3.87. The van der Waals surface area contributed by atoms with Crippen molar-refractivity contribution >= 4 is 6.29 Å². The zero-order valence-electron chi connectivity index (χ0n) is 6.30. The first kappa shape index (κ1) is 7.73. The molecule has 1 radical (unpaired) electrons. The van der Waals surface area contributed by atoms with Crippen molar-refractivity contribution in [3.63, 3.8) is 0 Å². The van der Waals surface area contributed by atoms with Gasteiger partial charge in [0.05, 0.1) is 12.0 Å². The van der Waals surface area contributed by atoms with Gasteiger partial charge in [-0.15, -0.1) is 0 Å². The molecule has 1 fully saturated rings. The SMILES string of the molecule is CCOC1CCCC1[C]=O. The summed E-state index contributed by atoms with van der Waals surface area (Å²) in [5.41, 5.74) is 0. The molecule has 10 heavy (non-hydrogen) atoms. The molecule has 0 spiro atoms. The molecule has 0 saturated heterocycles. The molecule has 0 amide bonds. The maximum absolute atomic E-state index is 10.3. The third-order valence-electron chi connectivity index (χ3n) is 1.98. The Morgan fingerprint density at radius 3 is 3.00 bits per heavy atom. The monoisotopic (exact) mass is 141 g/mol. The van der Waals surface area contributed by atoms with E-state index in [1.54, 1.807) is 0 Å². The molecule has 57 valence electrons. The van der Waals surface area contributed by atoms with Crippen LogP contribution < -0.4 is 0 Å². The van der Waals surface area contributed by atoms with Crippen LogP contribution in [-0.4, -0.2) is 19.0 Å². The lowest BCUT2D eigenvalue weighted by Crippen LogP contribution is -2.18. The Labute approximate surface area is 61.6 Å². The maximum Gasteiger partial charge on any atom is 0.204 e. The van der Waals surface area contributed by atoms with Gasteiger partial charge in [-0.3, -0.25) is 4.79 Å².